The first kappa shape index (κ1) is 25.1. The van der Waals surface area contributed by atoms with Gasteiger partial charge >= 0.3 is 0 Å². The van der Waals surface area contributed by atoms with E-state index in [9.17, 15) is 4.79 Å². The summed E-state index contributed by atoms with van der Waals surface area (Å²) in [6.45, 7) is 6.91. The third-order valence-corrected chi connectivity index (χ3v) is 9.10. The van der Waals surface area contributed by atoms with Gasteiger partial charge in [-0.1, -0.05) is 118 Å². The van der Waals surface area contributed by atoms with Gasteiger partial charge in [0.2, 0.25) is 0 Å². The number of hydrogen-bond donors (Lipinski definition) is 0. The highest BCUT2D eigenvalue weighted by Gasteiger charge is 2.54. The number of likely N-dealkylation sites (tertiary alicyclic amines) is 1. The van der Waals surface area contributed by atoms with E-state index in [1.165, 1.54) is 12.8 Å². The molecule has 3 unspecified atom stereocenters. The van der Waals surface area contributed by atoms with Gasteiger partial charge in [0.25, 0.3) is 5.91 Å². The molecular weight excluding hydrogens is 462 g/mol. The Morgan fingerprint density at radius 1 is 0.861 bits per heavy atom. The molecule has 2 fully saturated rings. The van der Waals surface area contributed by atoms with Crippen LogP contribution in [0.4, 0.5) is 0 Å². The number of rotatable bonds is 8. The average Bonchev–Trinajstić information content (AvgIpc) is 2.90. The van der Waals surface area contributed by atoms with Crippen molar-refractivity contribution < 1.29 is 9.53 Å². The lowest BCUT2D eigenvalue weighted by atomic mass is 9.75. The summed E-state index contributed by atoms with van der Waals surface area (Å²) in [6, 6.07) is 31.1. The van der Waals surface area contributed by atoms with Gasteiger partial charge in [0.05, 0.1) is 12.1 Å². The first-order valence-electron chi connectivity index (χ1n) is 13.3. The molecule has 0 aromatic heterocycles. The molecule has 1 amide bonds. The lowest BCUT2D eigenvalue weighted by Gasteiger charge is -2.52. The number of nitrogens with zero attached hydrogens (tertiary/aromatic N) is 1. The minimum Gasteiger partial charge on any atom is -0.362 e. The predicted molar refractivity (Wildman–Crippen MR) is 148 cm³/mol. The Bertz CT molecular complexity index is 1120. The second-order valence-corrected chi connectivity index (χ2v) is 11.9. The van der Waals surface area contributed by atoms with Crippen molar-refractivity contribution in [1.82, 2.24) is 4.90 Å². The SMILES string of the molecule is CC(C)[C@@H]1CC[C@@H](C)C[C@H]1OC1C(=O)N(C(Sc2ccccc2)c2ccccc2)C1c1ccccc1. The Kier molecular flexibility index (Phi) is 7.83. The van der Waals surface area contributed by atoms with Gasteiger partial charge in [-0.2, -0.15) is 0 Å². The Labute approximate surface area is 220 Å². The summed E-state index contributed by atoms with van der Waals surface area (Å²) in [5.41, 5.74) is 2.27. The van der Waals surface area contributed by atoms with Crippen LogP contribution in [0.25, 0.3) is 0 Å². The molecule has 3 aromatic rings. The minimum atomic E-state index is -0.438. The maximum absolute atomic E-state index is 14.0. The third-order valence-electron chi connectivity index (χ3n) is 7.84. The standard InChI is InChI=1S/C32H37NO2S/c1-22(2)27-20-19-23(3)21-28(27)35-30-29(24-13-7-4-8-14-24)33(31(30)34)32(25-15-9-5-10-16-25)36-26-17-11-6-12-18-26/h4-18,22-23,27-30,32H,19-21H2,1-3H3/t23-,27+,28-,29?,30?,32?/m1/s1. The Hall–Kier alpha value is -2.56. The molecule has 1 aliphatic carbocycles. The molecule has 0 radical (unpaired) electrons. The van der Waals surface area contributed by atoms with Gasteiger partial charge in [-0.3, -0.25) is 4.79 Å². The summed E-state index contributed by atoms with van der Waals surface area (Å²) in [4.78, 5) is 17.2. The first-order valence-corrected chi connectivity index (χ1v) is 14.2. The number of hydrogen-bond acceptors (Lipinski definition) is 3. The fraction of sp³-hybridized carbons (Fsp3) is 0.406. The van der Waals surface area contributed by atoms with Crippen LogP contribution in [0.2, 0.25) is 0 Å². The van der Waals surface area contributed by atoms with Crippen molar-refractivity contribution >= 4 is 17.7 Å². The Morgan fingerprint density at radius 2 is 1.47 bits per heavy atom. The lowest BCUT2D eigenvalue weighted by molar-refractivity contribution is -0.193. The summed E-state index contributed by atoms with van der Waals surface area (Å²) in [7, 11) is 0. The Morgan fingerprint density at radius 3 is 2.11 bits per heavy atom. The number of carbonyl (C=O) groups excluding carboxylic acids is 1. The largest absolute Gasteiger partial charge is 0.362 e. The van der Waals surface area contributed by atoms with Gasteiger partial charge in [-0.05, 0) is 53.9 Å². The minimum absolute atomic E-state index is 0.0990. The van der Waals surface area contributed by atoms with Gasteiger partial charge < -0.3 is 9.64 Å². The van der Waals surface area contributed by atoms with E-state index in [-0.39, 0.29) is 23.4 Å². The van der Waals surface area contributed by atoms with Gasteiger partial charge in [-0.25, -0.2) is 0 Å². The molecule has 5 rings (SSSR count). The molecule has 4 heteroatoms. The molecule has 36 heavy (non-hydrogen) atoms. The van der Waals surface area contributed by atoms with E-state index in [0.717, 1.165) is 22.4 Å². The molecule has 1 saturated heterocycles. The van der Waals surface area contributed by atoms with Gasteiger partial charge in [0.1, 0.15) is 5.37 Å². The number of thioether (sulfide) groups is 1. The van der Waals surface area contributed by atoms with Crippen LogP contribution in [0.3, 0.4) is 0 Å². The fourth-order valence-corrected chi connectivity index (χ4v) is 7.07. The van der Waals surface area contributed by atoms with Crippen molar-refractivity contribution in [3.63, 3.8) is 0 Å². The summed E-state index contributed by atoms with van der Waals surface area (Å²) >= 11 is 1.73. The van der Waals surface area contributed by atoms with E-state index < -0.39 is 6.10 Å². The number of carbonyl (C=O) groups is 1. The fourth-order valence-electron chi connectivity index (χ4n) is 5.85. The number of β-lactam (4-membered cyclic amide) rings is 1. The monoisotopic (exact) mass is 499 g/mol. The number of amides is 1. The molecule has 2 aliphatic rings. The highest BCUT2D eigenvalue weighted by Crippen LogP contribution is 2.50. The van der Waals surface area contributed by atoms with Crippen LogP contribution in [-0.4, -0.2) is 23.0 Å². The molecule has 1 aliphatic heterocycles. The van der Waals surface area contributed by atoms with Crippen molar-refractivity contribution in [3.8, 4) is 0 Å². The normalized spacial score (nSPS) is 27.1. The molecule has 6 atom stereocenters. The molecule has 0 N–H and O–H groups in total. The van der Waals surface area contributed by atoms with E-state index >= 15 is 0 Å². The second kappa shape index (κ2) is 11.2. The van der Waals surface area contributed by atoms with Crippen LogP contribution < -0.4 is 0 Å². The second-order valence-electron chi connectivity index (χ2n) is 10.7. The smallest absolute Gasteiger partial charge is 0.256 e. The van der Waals surface area contributed by atoms with Crippen molar-refractivity contribution in [2.45, 2.75) is 68.6 Å². The van der Waals surface area contributed by atoms with E-state index in [1.807, 2.05) is 18.2 Å². The maximum atomic E-state index is 14.0. The van der Waals surface area contributed by atoms with E-state index in [0.29, 0.717) is 17.8 Å². The quantitative estimate of drug-likeness (QED) is 0.233. The molecule has 1 heterocycles. The molecule has 1 saturated carbocycles. The molecule has 0 spiro atoms. The van der Waals surface area contributed by atoms with Gasteiger partial charge in [0.15, 0.2) is 6.10 Å². The van der Waals surface area contributed by atoms with Crippen LogP contribution in [0.5, 0.6) is 0 Å². The van der Waals surface area contributed by atoms with Crippen molar-refractivity contribution in [2.75, 3.05) is 0 Å². The van der Waals surface area contributed by atoms with Crippen molar-refractivity contribution in [1.29, 1.82) is 0 Å². The third kappa shape index (κ3) is 5.26. The Balaban J connectivity index is 1.48. The van der Waals surface area contributed by atoms with E-state index in [1.54, 1.807) is 11.8 Å². The first-order chi connectivity index (χ1) is 17.5. The van der Waals surface area contributed by atoms with Crippen molar-refractivity contribution in [2.24, 2.45) is 17.8 Å². The highest BCUT2D eigenvalue weighted by molar-refractivity contribution is 7.99. The number of benzene rings is 3. The highest BCUT2D eigenvalue weighted by atomic mass is 32.2. The summed E-state index contributed by atoms with van der Waals surface area (Å²) < 4.78 is 6.82. The predicted octanol–water partition coefficient (Wildman–Crippen LogP) is 7.91. The summed E-state index contributed by atoms with van der Waals surface area (Å²) in [5.74, 6) is 1.79. The van der Waals surface area contributed by atoms with Crippen molar-refractivity contribution in [3.05, 3.63) is 102 Å². The van der Waals surface area contributed by atoms with Crippen LogP contribution in [0, 0.1) is 17.8 Å². The summed E-state index contributed by atoms with van der Waals surface area (Å²) in [6.07, 6.45) is 3.16. The van der Waals surface area contributed by atoms with Crippen LogP contribution in [0.15, 0.2) is 95.9 Å². The average molecular weight is 500 g/mol. The van der Waals surface area contributed by atoms with Crippen LogP contribution in [-0.2, 0) is 9.53 Å². The summed E-state index contributed by atoms with van der Waals surface area (Å²) in [5, 5.41) is -0.127. The lowest BCUT2D eigenvalue weighted by Crippen LogP contribution is -2.61. The van der Waals surface area contributed by atoms with Gasteiger partial charge in [0, 0.05) is 4.90 Å². The number of ether oxygens (including phenoxy) is 1. The zero-order chi connectivity index (χ0) is 25.1. The van der Waals surface area contributed by atoms with Crippen LogP contribution in [0.1, 0.15) is 62.6 Å². The van der Waals surface area contributed by atoms with E-state index in [2.05, 4.69) is 98.5 Å². The molecule has 0 bridgehead atoms. The zero-order valence-corrected chi connectivity index (χ0v) is 22.3. The molecule has 3 nitrogen and oxygen atoms in total. The topological polar surface area (TPSA) is 29.5 Å². The zero-order valence-electron chi connectivity index (χ0n) is 21.5. The maximum Gasteiger partial charge on any atom is 0.256 e. The molecule has 188 valence electrons. The van der Waals surface area contributed by atoms with E-state index in [4.69, 9.17) is 4.74 Å². The van der Waals surface area contributed by atoms with Crippen LogP contribution >= 0.6 is 11.8 Å². The molecule has 3 aromatic carbocycles. The molecular formula is C32H37NO2S. The van der Waals surface area contributed by atoms with Gasteiger partial charge in [-0.15, -0.1) is 0 Å².